The van der Waals surface area contributed by atoms with Crippen molar-refractivity contribution in [2.45, 2.75) is 34.1 Å². The molecule has 0 radical (unpaired) electrons. The number of anilines is 1. The second-order valence-electron chi connectivity index (χ2n) is 6.41. The number of hydrogen-bond donors (Lipinski definition) is 1. The maximum atomic E-state index is 12.2. The quantitative estimate of drug-likeness (QED) is 0.522. The number of nitrogens with one attached hydrogen (secondary N) is 1. The van der Waals surface area contributed by atoms with Gasteiger partial charge in [-0.25, -0.2) is 4.79 Å². The summed E-state index contributed by atoms with van der Waals surface area (Å²) in [5, 5.41) is 2.74. The van der Waals surface area contributed by atoms with Crippen LogP contribution in [0.1, 0.15) is 50.6 Å². The van der Waals surface area contributed by atoms with E-state index >= 15 is 0 Å². The molecule has 2 rings (SSSR count). The minimum absolute atomic E-state index is 0.0498. The lowest BCUT2D eigenvalue weighted by Gasteiger charge is -2.08. The van der Waals surface area contributed by atoms with E-state index in [2.05, 4.69) is 5.32 Å². The first-order valence-electron chi connectivity index (χ1n) is 9.05. The van der Waals surface area contributed by atoms with Crippen molar-refractivity contribution >= 4 is 40.0 Å². The third kappa shape index (κ3) is 5.99. The van der Waals surface area contributed by atoms with Crippen LogP contribution in [-0.4, -0.2) is 36.8 Å². The van der Waals surface area contributed by atoms with Crippen LogP contribution in [0.25, 0.3) is 0 Å². The number of carbonyl (C=O) groups is 4. The van der Waals surface area contributed by atoms with E-state index in [9.17, 15) is 19.2 Å². The average molecular weight is 417 g/mol. The van der Waals surface area contributed by atoms with Crippen LogP contribution < -0.4 is 5.32 Å². The van der Waals surface area contributed by atoms with Crippen molar-refractivity contribution in [3.63, 3.8) is 0 Å². The summed E-state index contributed by atoms with van der Waals surface area (Å²) in [5.74, 6) is -1.99. The Balaban J connectivity index is 2.03. The zero-order valence-corrected chi connectivity index (χ0v) is 17.6. The van der Waals surface area contributed by atoms with Gasteiger partial charge in [0.15, 0.2) is 12.4 Å². The van der Waals surface area contributed by atoms with E-state index < -0.39 is 24.5 Å². The van der Waals surface area contributed by atoms with Gasteiger partial charge in [0.05, 0.1) is 23.5 Å². The maximum Gasteiger partial charge on any atom is 0.341 e. The summed E-state index contributed by atoms with van der Waals surface area (Å²) in [6.07, 6.45) is 0.0498. The Bertz CT molecular complexity index is 929. The van der Waals surface area contributed by atoms with E-state index in [1.165, 1.54) is 6.92 Å². The fourth-order valence-electron chi connectivity index (χ4n) is 2.62. The standard InChI is InChI=1S/C21H23NO6S/c1-5-27-21(26)18-13(3)19(14(4)23)29-20(18)22-16(24)11-28-17(25)10-15-8-6-12(2)7-9-15/h6-9H,5,10-11H2,1-4H3,(H,22,24). The van der Waals surface area contributed by atoms with Crippen molar-refractivity contribution in [2.75, 3.05) is 18.5 Å². The lowest BCUT2D eigenvalue weighted by molar-refractivity contribution is -0.146. The molecule has 154 valence electrons. The topological polar surface area (TPSA) is 98.8 Å². The molecule has 0 spiro atoms. The van der Waals surface area contributed by atoms with E-state index in [-0.39, 0.29) is 29.4 Å². The molecule has 0 aliphatic rings. The third-order valence-corrected chi connectivity index (χ3v) is 5.34. The van der Waals surface area contributed by atoms with E-state index in [1.54, 1.807) is 13.8 Å². The first-order chi connectivity index (χ1) is 13.7. The van der Waals surface area contributed by atoms with Crippen molar-refractivity contribution in [1.29, 1.82) is 0 Å². The van der Waals surface area contributed by atoms with Crippen molar-refractivity contribution in [3.05, 3.63) is 51.4 Å². The third-order valence-electron chi connectivity index (χ3n) is 4.03. The van der Waals surface area contributed by atoms with Crippen LogP contribution in [0.3, 0.4) is 0 Å². The number of hydrogen-bond acceptors (Lipinski definition) is 7. The Hall–Kier alpha value is -3.00. The minimum Gasteiger partial charge on any atom is -0.462 e. The van der Waals surface area contributed by atoms with Crippen LogP contribution in [0.2, 0.25) is 0 Å². The zero-order valence-electron chi connectivity index (χ0n) is 16.8. The highest BCUT2D eigenvalue weighted by molar-refractivity contribution is 7.18. The molecule has 8 heteroatoms. The molecule has 0 fully saturated rings. The van der Waals surface area contributed by atoms with Gasteiger partial charge in [0.25, 0.3) is 5.91 Å². The van der Waals surface area contributed by atoms with Gasteiger partial charge in [0, 0.05) is 0 Å². The van der Waals surface area contributed by atoms with E-state index in [4.69, 9.17) is 9.47 Å². The van der Waals surface area contributed by atoms with Gasteiger partial charge in [0.1, 0.15) is 5.00 Å². The highest BCUT2D eigenvalue weighted by Gasteiger charge is 2.25. The van der Waals surface area contributed by atoms with Gasteiger partial charge in [-0.2, -0.15) is 0 Å². The lowest BCUT2D eigenvalue weighted by Crippen LogP contribution is -2.22. The molecular weight excluding hydrogens is 394 g/mol. The molecule has 0 bridgehead atoms. The molecule has 0 atom stereocenters. The number of aryl methyl sites for hydroxylation is 1. The Labute approximate surface area is 173 Å². The van der Waals surface area contributed by atoms with E-state index in [0.717, 1.165) is 22.5 Å². The highest BCUT2D eigenvalue weighted by Crippen LogP contribution is 2.34. The summed E-state index contributed by atoms with van der Waals surface area (Å²) < 4.78 is 10.0. The lowest BCUT2D eigenvalue weighted by atomic mass is 10.1. The zero-order chi connectivity index (χ0) is 21.6. The first kappa shape index (κ1) is 22.3. The Morgan fingerprint density at radius 1 is 1.03 bits per heavy atom. The minimum atomic E-state index is -0.625. The first-order valence-corrected chi connectivity index (χ1v) is 9.87. The number of thiophene rings is 1. The Morgan fingerprint density at radius 3 is 2.28 bits per heavy atom. The molecular formula is C21H23NO6S. The van der Waals surface area contributed by atoms with Crippen LogP contribution >= 0.6 is 11.3 Å². The summed E-state index contributed by atoms with van der Waals surface area (Å²) in [7, 11) is 0. The molecule has 0 aliphatic heterocycles. The molecule has 0 saturated carbocycles. The second-order valence-corrected chi connectivity index (χ2v) is 7.43. The smallest absolute Gasteiger partial charge is 0.341 e. The fraction of sp³-hybridized carbons (Fsp3) is 0.333. The molecule has 2 aromatic rings. The van der Waals surface area contributed by atoms with Crippen molar-refractivity contribution in [2.24, 2.45) is 0 Å². The summed E-state index contributed by atoms with van der Waals surface area (Å²) in [5.41, 5.74) is 2.45. The maximum absolute atomic E-state index is 12.2. The molecule has 0 aliphatic carbocycles. The summed E-state index contributed by atoms with van der Waals surface area (Å²) in [6.45, 7) is 6.27. The normalized spacial score (nSPS) is 10.3. The largest absolute Gasteiger partial charge is 0.462 e. The predicted octanol–water partition coefficient (Wildman–Crippen LogP) is 3.47. The summed E-state index contributed by atoms with van der Waals surface area (Å²) in [6, 6.07) is 7.41. The van der Waals surface area contributed by atoms with E-state index in [0.29, 0.717) is 10.4 Å². The number of rotatable bonds is 8. The summed E-state index contributed by atoms with van der Waals surface area (Å²) in [4.78, 5) is 48.5. The molecule has 1 aromatic carbocycles. The van der Waals surface area contributed by atoms with Gasteiger partial charge in [-0.15, -0.1) is 11.3 Å². The molecule has 1 N–H and O–H groups in total. The van der Waals surface area contributed by atoms with Gasteiger partial charge in [-0.3, -0.25) is 14.4 Å². The average Bonchev–Trinajstić information content (AvgIpc) is 2.98. The van der Waals surface area contributed by atoms with Gasteiger partial charge >= 0.3 is 11.9 Å². The van der Waals surface area contributed by atoms with Crippen LogP contribution in [0.4, 0.5) is 5.00 Å². The summed E-state index contributed by atoms with van der Waals surface area (Å²) >= 11 is 0.992. The number of esters is 2. The van der Waals surface area contributed by atoms with Crippen molar-refractivity contribution < 1.29 is 28.7 Å². The highest BCUT2D eigenvalue weighted by atomic mass is 32.1. The number of amides is 1. The van der Waals surface area contributed by atoms with E-state index in [1.807, 2.05) is 31.2 Å². The van der Waals surface area contributed by atoms with Crippen molar-refractivity contribution in [1.82, 2.24) is 0 Å². The molecule has 7 nitrogen and oxygen atoms in total. The van der Waals surface area contributed by atoms with Gasteiger partial charge in [0.2, 0.25) is 0 Å². The molecule has 1 heterocycles. The van der Waals surface area contributed by atoms with Gasteiger partial charge in [-0.05, 0) is 38.8 Å². The molecule has 0 saturated heterocycles. The number of ketones is 1. The number of ether oxygens (including phenoxy) is 2. The van der Waals surface area contributed by atoms with Crippen LogP contribution in [0.5, 0.6) is 0 Å². The van der Waals surface area contributed by atoms with Crippen LogP contribution in [-0.2, 0) is 25.5 Å². The number of benzene rings is 1. The Morgan fingerprint density at radius 2 is 1.69 bits per heavy atom. The van der Waals surface area contributed by atoms with Crippen LogP contribution in [0.15, 0.2) is 24.3 Å². The Kier molecular flexibility index (Phi) is 7.67. The molecule has 0 unspecified atom stereocenters. The molecule has 1 amide bonds. The second kappa shape index (κ2) is 9.97. The van der Waals surface area contributed by atoms with Crippen molar-refractivity contribution in [3.8, 4) is 0 Å². The predicted molar refractivity (Wildman–Crippen MR) is 109 cm³/mol. The number of carbonyl (C=O) groups excluding carboxylic acids is 4. The number of Topliss-reactive ketones (excluding diaryl/α,β-unsaturated/α-hetero) is 1. The van der Waals surface area contributed by atoms with Crippen LogP contribution in [0, 0.1) is 13.8 Å². The monoisotopic (exact) mass is 417 g/mol. The molecule has 29 heavy (non-hydrogen) atoms. The van der Waals surface area contributed by atoms with Gasteiger partial charge < -0.3 is 14.8 Å². The van der Waals surface area contributed by atoms with Gasteiger partial charge in [-0.1, -0.05) is 29.8 Å². The fourth-order valence-corrected chi connectivity index (χ4v) is 3.73. The molecule has 1 aromatic heterocycles. The SMILES string of the molecule is CCOC(=O)c1c(NC(=O)COC(=O)Cc2ccc(C)cc2)sc(C(C)=O)c1C.